The van der Waals surface area contributed by atoms with Gasteiger partial charge in [-0.05, 0) is 47.9 Å². The van der Waals surface area contributed by atoms with Gasteiger partial charge in [0.05, 0.1) is 11.3 Å². The van der Waals surface area contributed by atoms with E-state index in [0.717, 1.165) is 4.68 Å². The Morgan fingerprint density at radius 3 is 2.18 bits per heavy atom. The van der Waals surface area contributed by atoms with Crippen LogP contribution < -0.4 is 5.32 Å². The van der Waals surface area contributed by atoms with Gasteiger partial charge in [0, 0.05) is 36.6 Å². The number of hydrogen-bond donors (Lipinski definition) is 1. The number of carbonyl (C=O) groups is 1. The lowest BCUT2D eigenvalue weighted by molar-refractivity contribution is 0.0944. The molecular formula is C30H26F2N5OP. The van der Waals surface area contributed by atoms with Crippen LogP contribution in [0.5, 0.6) is 0 Å². The number of amides is 1. The van der Waals surface area contributed by atoms with E-state index < -0.39 is 5.66 Å². The summed E-state index contributed by atoms with van der Waals surface area (Å²) in [5.41, 5.74) is 0.0463. The van der Waals surface area contributed by atoms with Crippen LogP contribution in [0.2, 0.25) is 0 Å². The van der Waals surface area contributed by atoms with E-state index in [1.54, 1.807) is 30.6 Å². The average Bonchev–Trinajstić information content (AvgIpc) is 3.43. The number of alkyl halides is 2. The third-order valence-electron chi connectivity index (χ3n) is 6.36. The average molecular weight is 542 g/mol. The molecule has 5 rings (SSSR count). The van der Waals surface area contributed by atoms with Gasteiger partial charge in [0.25, 0.3) is 11.6 Å². The minimum absolute atomic E-state index is 0.133. The highest BCUT2D eigenvalue weighted by atomic mass is 31.0. The molecule has 0 saturated heterocycles. The van der Waals surface area contributed by atoms with E-state index in [2.05, 4.69) is 44.6 Å². The Morgan fingerprint density at radius 1 is 0.923 bits per heavy atom. The largest absolute Gasteiger partial charge is 0.352 e. The van der Waals surface area contributed by atoms with Crippen molar-refractivity contribution in [2.75, 3.05) is 6.54 Å². The molecule has 5 aromatic rings. The molecule has 6 nitrogen and oxygen atoms in total. The van der Waals surface area contributed by atoms with Crippen LogP contribution in [0.4, 0.5) is 8.78 Å². The van der Waals surface area contributed by atoms with Crippen molar-refractivity contribution in [1.29, 1.82) is 0 Å². The molecule has 1 atom stereocenters. The molecule has 0 aliphatic carbocycles. The van der Waals surface area contributed by atoms with Crippen molar-refractivity contribution in [2.24, 2.45) is 0 Å². The van der Waals surface area contributed by atoms with Gasteiger partial charge in [-0.15, -0.1) is 0 Å². The number of carbonyl (C=O) groups excluding carboxylic acids is 1. The Morgan fingerprint density at radius 2 is 1.62 bits per heavy atom. The van der Waals surface area contributed by atoms with E-state index in [-0.39, 0.29) is 23.3 Å². The number of halogens is 2. The molecule has 3 aromatic heterocycles. The van der Waals surface area contributed by atoms with Gasteiger partial charge in [-0.25, -0.2) is 9.67 Å². The highest BCUT2D eigenvalue weighted by molar-refractivity contribution is 7.17. The van der Waals surface area contributed by atoms with Crippen LogP contribution in [0.15, 0.2) is 110 Å². The molecule has 0 spiro atoms. The normalized spacial score (nSPS) is 11.5. The zero-order chi connectivity index (χ0) is 27.2. The lowest BCUT2D eigenvalue weighted by Crippen LogP contribution is -2.26. The van der Waals surface area contributed by atoms with Crippen molar-refractivity contribution in [1.82, 2.24) is 25.1 Å². The van der Waals surface area contributed by atoms with Gasteiger partial charge in [0.15, 0.2) is 5.82 Å². The summed E-state index contributed by atoms with van der Waals surface area (Å²) in [5.74, 6) is 0.0168. The predicted molar refractivity (Wildman–Crippen MR) is 150 cm³/mol. The lowest BCUT2D eigenvalue weighted by Gasteiger charge is -2.18. The molecule has 0 aliphatic rings. The van der Waals surface area contributed by atoms with E-state index >= 15 is 0 Å². The first-order chi connectivity index (χ1) is 18.9. The molecule has 39 heavy (non-hydrogen) atoms. The standard InChI is InChI=1S/C30H26F2N5OP/c31-30(32,39)27-18-26(23-12-7-16-33-19-23)36-37(27)28-14-13-24(20-35-28)29(38)34-17-15-25(21-8-3-1-4-9-21)22-10-5-2-6-11-22/h1-14,16,18-20,25H,15,17,39H2,(H,34,38). The van der Waals surface area contributed by atoms with E-state index in [1.807, 2.05) is 36.4 Å². The van der Waals surface area contributed by atoms with Crippen LogP contribution in [-0.2, 0) is 5.66 Å². The summed E-state index contributed by atoms with van der Waals surface area (Å²) in [5, 5.41) is 7.30. The number of nitrogens with one attached hydrogen (secondary N) is 1. The Balaban J connectivity index is 1.30. The molecule has 9 heteroatoms. The first kappa shape index (κ1) is 26.3. The summed E-state index contributed by atoms with van der Waals surface area (Å²) in [6, 6.07) is 28.2. The fourth-order valence-electron chi connectivity index (χ4n) is 4.42. The molecule has 0 aliphatic heterocycles. The molecular weight excluding hydrogens is 515 g/mol. The van der Waals surface area contributed by atoms with Crippen LogP contribution in [0.1, 0.15) is 39.5 Å². The lowest BCUT2D eigenvalue weighted by atomic mass is 9.88. The smallest absolute Gasteiger partial charge is 0.300 e. The predicted octanol–water partition coefficient (Wildman–Crippen LogP) is 6.21. The molecule has 1 N–H and O–H groups in total. The zero-order valence-corrected chi connectivity index (χ0v) is 22.1. The summed E-state index contributed by atoms with van der Waals surface area (Å²) in [6.07, 6.45) is 5.23. The van der Waals surface area contributed by atoms with Gasteiger partial charge in [0.2, 0.25) is 0 Å². The first-order valence-corrected chi connectivity index (χ1v) is 13.0. The van der Waals surface area contributed by atoms with E-state index in [1.165, 1.54) is 38.7 Å². The maximum Gasteiger partial charge on any atom is 0.300 e. The van der Waals surface area contributed by atoms with Gasteiger partial charge >= 0.3 is 0 Å². The Bertz CT molecular complexity index is 1480. The molecule has 1 unspecified atom stereocenters. The number of aromatic nitrogens is 4. The second-order valence-electron chi connectivity index (χ2n) is 9.01. The van der Waals surface area contributed by atoms with Gasteiger partial charge in [-0.3, -0.25) is 9.78 Å². The van der Waals surface area contributed by atoms with Crippen LogP contribution in [0.3, 0.4) is 0 Å². The topological polar surface area (TPSA) is 72.7 Å². The van der Waals surface area contributed by atoms with Gasteiger partial charge in [-0.2, -0.15) is 13.9 Å². The van der Waals surface area contributed by atoms with Crippen LogP contribution in [0.25, 0.3) is 17.1 Å². The molecule has 2 aromatic carbocycles. The molecule has 3 heterocycles. The highest BCUT2D eigenvalue weighted by Gasteiger charge is 2.31. The van der Waals surface area contributed by atoms with Gasteiger partial charge in [-0.1, -0.05) is 69.9 Å². The number of nitrogens with zero attached hydrogens (tertiary/aromatic N) is 4. The Hall–Kier alpha value is -4.29. The van der Waals surface area contributed by atoms with Gasteiger partial charge in [0.1, 0.15) is 5.69 Å². The SMILES string of the molecule is O=C(NCCC(c1ccccc1)c1ccccc1)c1ccc(-n2nc(-c3cccnc3)cc2C(F)(F)P)nc1. The number of hydrogen-bond acceptors (Lipinski definition) is 4. The summed E-state index contributed by atoms with van der Waals surface area (Å²) in [7, 11) is 1.53. The van der Waals surface area contributed by atoms with Crippen molar-refractivity contribution in [3.63, 3.8) is 0 Å². The fourth-order valence-corrected chi connectivity index (χ4v) is 4.63. The maximum atomic E-state index is 14.4. The number of rotatable bonds is 9. The van der Waals surface area contributed by atoms with E-state index in [4.69, 9.17) is 0 Å². The molecule has 196 valence electrons. The van der Waals surface area contributed by atoms with Crippen molar-refractivity contribution in [3.8, 4) is 17.1 Å². The highest BCUT2D eigenvalue weighted by Crippen LogP contribution is 2.37. The van der Waals surface area contributed by atoms with Crippen molar-refractivity contribution >= 4 is 15.1 Å². The molecule has 0 saturated carbocycles. The minimum atomic E-state index is -3.24. The molecule has 1 amide bonds. The van der Waals surface area contributed by atoms with E-state index in [0.29, 0.717) is 29.8 Å². The van der Waals surface area contributed by atoms with Crippen molar-refractivity contribution in [2.45, 2.75) is 18.0 Å². The fraction of sp³-hybridized carbons (Fsp3) is 0.133. The Labute approximate surface area is 227 Å². The molecule has 0 bridgehead atoms. The second kappa shape index (κ2) is 11.6. The summed E-state index contributed by atoms with van der Waals surface area (Å²) in [4.78, 5) is 21.2. The first-order valence-electron chi connectivity index (χ1n) is 12.4. The Kier molecular flexibility index (Phi) is 7.84. The minimum Gasteiger partial charge on any atom is -0.352 e. The van der Waals surface area contributed by atoms with Crippen LogP contribution in [0, 0.1) is 0 Å². The monoisotopic (exact) mass is 541 g/mol. The summed E-state index contributed by atoms with van der Waals surface area (Å²) < 4.78 is 29.8. The van der Waals surface area contributed by atoms with Crippen LogP contribution in [-0.4, -0.2) is 32.2 Å². The van der Waals surface area contributed by atoms with Crippen molar-refractivity contribution < 1.29 is 13.6 Å². The maximum absolute atomic E-state index is 14.4. The third-order valence-corrected chi connectivity index (χ3v) is 6.65. The van der Waals surface area contributed by atoms with Gasteiger partial charge < -0.3 is 5.32 Å². The third kappa shape index (κ3) is 6.24. The number of pyridine rings is 2. The van der Waals surface area contributed by atoms with Crippen molar-refractivity contribution in [3.05, 3.63) is 132 Å². The van der Waals surface area contributed by atoms with Crippen LogP contribution >= 0.6 is 9.24 Å². The second-order valence-corrected chi connectivity index (χ2v) is 9.74. The summed E-state index contributed by atoms with van der Waals surface area (Å²) in [6.45, 7) is 0.450. The quantitative estimate of drug-likeness (QED) is 0.225. The summed E-state index contributed by atoms with van der Waals surface area (Å²) >= 11 is 0. The molecule has 0 radical (unpaired) electrons. The number of benzene rings is 2. The molecule has 0 fully saturated rings. The van der Waals surface area contributed by atoms with E-state index in [9.17, 15) is 13.6 Å². The zero-order valence-electron chi connectivity index (χ0n) is 20.9.